The summed E-state index contributed by atoms with van der Waals surface area (Å²) in [5, 5.41) is 6.78. The van der Waals surface area contributed by atoms with Crippen molar-refractivity contribution < 1.29 is 0 Å². The Labute approximate surface area is 110 Å². The van der Waals surface area contributed by atoms with Gasteiger partial charge >= 0.3 is 0 Å². The first-order valence-corrected chi connectivity index (χ1v) is 6.16. The molecule has 1 N–H and O–H groups in total. The van der Waals surface area contributed by atoms with Crippen molar-refractivity contribution in [3.05, 3.63) is 33.0 Å². The largest absolute Gasteiger partial charge is 0.315 e. The van der Waals surface area contributed by atoms with Crippen LogP contribution in [0.15, 0.2) is 16.9 Å². The number of pyridine rings is 1. The summed E-state index contributed by atoms with van der Waals surface area (Å²) in [7, 11) is 3.57. The molecule has 0 aliphatic heterocycles. The molecule has 0 bridgehead atoms. The van der Waals surface area contributed by atoms with Crippen LogP contribution in [0.5, 0.6) is 0 Å². The second-order valence-corrected chi connectivity index (χ2v) is 4.99. The molecule has 0 saturated carbocycles. The summed E-state index contributed by atoms with van der Waals surface area (Å²) in [4.78, 5) is 12.3. The molecule has 0 aliphatic carbocycles. The zero-order valence-electron chi connectivity index (χ0n) is 10.9. The van der Waals surface area contributed by atoms with Gasteiger partial charge < -0.3 is 9.13 Å². The molecule has 0 aliphatic rings. The average Bonchev–Trinajstić information content (AvgIpc) is 2.63. The molecule has 2 rings (SSSR count). The van der Waals surface area contributed by atoms with Crippen molar-refractivity contribution in [1.29, 1.82) is 0 Å². The van der Waals surface area contributed by atoms with Crippen molar-refractivity contribution in [1.82, 2.24) is 19.3 Å². The van der Waals surface area contributed by atoms with Gasteiger partial charge in [-0.2, -0.15) is 5.10 Å². The van der Waals surface area contributed by atoms with E-state index in [9.17, 15) is 4.79 Å². The maximum atomic E-state index is 12.3. The number of hydrogen-bond donors (Lipinski definition) is 1. The predicted molar refractivity (Wildman–Crippen MR) is 73.2 cm³/mol. The summed E-state index contributed by atoms with van der Waals surface area (Å²) < 4.78 is 3.86. The second-order valence-electron chi connectivity index (χ2n) is 4.60. The Balaban J connectivity index is 2.69. The van der Waals surface area contributed by atoms with Crippen LogP contribution in [-0.2, 0) is 14.1 Å². The van der Waals surface area contributed by atoms with Crippen molar-refractivity contribution in [2.24, 2.45) is 14.1 Å². The van der Waals surface area contributed by atoms with E-state index in [1.54, 1.807) is 23.2 Å². The fourth-order valence-corrected chi connectivity index (χ4v) is 2.12. The number of hydrogen-bond acceptors (Lipinski definition) is 3. The van der Waals surface area contributed by atoms with Gasteiger partial charge in [0.15, 0.2) is 10.6 Å². The van der Waals surface area contributed by atoms with Crippen LogP contribution < -0.4 is 5.56 Å². The molecule has 0 radical (unpaired) electrons. The molecule has 5 nitrogen and oxygen atoms in total. The minimum atomic E-state index is -0.0571. The van der Waals surface area contributed by atoms with Gasteiger partial charge in [0.25, 0.3) is 5.56 Å². The summed E-state index contributed by atoms with van der Waals surface area (Å²) in [6.07, 6.45) is 0. The Morgan fingerprint density at radius 3 is 2.44 bits per heavy atom. The summed E-state index contributed by atoms with van der Waals surface area (Å²) in [6, 6.07) is 3.77. The maximum absolute atomic E-state index is 12.3. The summed E-state index contributed by atoms with van der Waals surface area (Å²) in [6.45, 7) is 4.12. The molecule has 2 aromatic heterocycles. The Morgan fingerprint density at radius 2 is 1.94 bits per heavy atom. The molecule has 0 saturated heterocycles. The third kappa shape index (κ3) is 1.92. The molecule has 0 atom stereocenters. The van der Waals surface area contributed by atoms with Gasteiger partial charge in [-0.25, -0.2) is 0 Å². The highest BCUT2D eigenvalue weighted by atomic mass is 32.1. The first kappa shape index (κ1) is 12.8. The lowest BCUT2D eigenvalue weighted by molar-refractivity contribution is 0.706. The van der Waals surface area contributed by atoms with Crippen molar-refractivity contribution in [3.8, 4) is 11.4 Å². The molecule has 0 unspecified atom stereocenters. The zero-order valence-corrected chi connectivity index (χ0v) is 11.7. The van der Waals surface area contributed by atoms with E-state index in [0.29, 0.717) is 22.1 Å². The molecule has 2 aromatic rings. The Kier molecular flexibility index (Phi) is 3.21. The van der Waals surface area contributed by atoms with Gasteiger partial charge in [0.2, 0.25) is 0 Å². The van der Waals surface area contributed by atoms with Gasteiger partial charge in [-0.05, 0) is 30.3 Å². The SMILES string of the molecule is CC(C)c1ccc(-c2n[nH]c(=S)n2C)c(=O)n1C. The molecule has 96 valence electrons. The van der Waals surface area contributed by atoms with Crippen LogP contribution in [-0.4, -0.2) is 19.3 Å². The van der Waals surface area contributed by atoms with Crippen LogP contribution in [0.4, 0.5) is 0 Å². The zero-order chi connectivity index (χ0) is 13.4. The average molecular weight is 264 g/mol. The third-order valence-corrected chi connectivity index (χ3v) is 3.42. The molecule has 0 amide bonds. The molecule has 2 heterocycles. The number of rotatable bonds is 2. The second kappa shape index (κ2) is 4.53. The Hall–Kier alpha value is -1.69. The lowest BCUT2D eigenvalue weighted by Crippen LogP contribution is -2.23. The summed E-state index contributed by atoms with van der Waals surface area (Å²) >= 11 is 5.05. The molecular weight excluding hydrogens is 248 g/mol. The molecular formula is C12H16N4OS. The first-order valence-electron chi connectivity index (χ1n) is 5.75. The summed E-state index contributed by atoms with van der Waals surface area (Å²) in [5.74, 6) is 0.870. The van der Waals surface area contributed by atoms with E-state index in [2.05, 4.69) is 24.0 Å². The molecule has 18 heavy (non-hydrogen) atoms. The normalized spacial score (nSPS) is 11.2. The fourth-order valence-electron chi connectivity index (χ4n) is 1.99. The van der Waals surface area contributed by atoms with Crippen molar-refractivity contribution in [2.45, 2.75) is 19.8 Å². The van der Waals surface area contributed by atoms with Gasteiger partial charge in [-0.1, -0.05) is 13.8 Å². The monoisotopic (exact) mass is 264 g/mol. The van der Waals surface area contributed by atoms with Gasteiger partial charge in [-0.3, -0.25) is 9.89 Å². The van der Waals surface area contributed by atoms with Crippen LogP contribution in [0.25, 0.3) is 11.4 Å². The maximum Gasteiger partial charge on any atom is 0.261 e. The predicted octanol–water partition coefficient (Wildman–Crippen LogP) is 1.97. The van der Waals surface area contributed by atoms with Gasteiger partial charge in [0, 0.05) is 19.8 Å². The Bertz CT molecular complexity index is 693. The summed E-state index contributed by atoms with van der Waals surface area (Å²) in [5.41, 5.74) is 1.50. The standard InChI is InChI=1S/C12H16N4OS/c1-7(2)9-6-5-8(11(17)15(9)3)10-13-14-12(18)16(10)4/h5-7H,1-4H3,(H,14,18). The highest BCUT2D eigenvalue weighted by molar-refractivity contribution is 7.71. The molecule has 6 heteroatoms. The van der Waals surface area contributed by atoms with Crippen LogP contribution >= 0.6 is 12.2 Å². The minimum absolute atomic E-state index is 0.0571. The van der Waals surface area contributed by atoms with Gasteiger partial charge in [0.05, 0.1) is 5.56 Å². The quantitative estimate of drug-likeness (QED) is 0.844. The topological polar surface area (TPSA) is 55.6 Å². The fraction of sp³-hybridized carbons (Fsp3) is 0.417. The van der Waals surface area contributed by atoms with E-state index in [4.69, 9.17) is 12.2 Å². The van der Waals surface area contributed by atoms with E-state index < -0.39 is 0 Å². The van der Waals surface area contributed by atoms with Gasteiger partial charge in [0.1, 0.15) is 0 Å². The smallest absolute Gasteiger partial charge is 0.261 e. The lowest BCUT2D eigenvalue weighted by Gasteiger charge is -2.12. The Morgan fingerprint density at radius 1 is 1.28 bits per heavy atom. The first-order chi connectivity index (χ1) is 8.43. The van der Waals surface area contributed by atoms with E-state index in [0.717, 1.165) is 5.69 Å². The third-order valence-electron chi connectivity index (χ3n) is 3.06. The van der Waals surface area contributed by atoms with E-state index in [1.807, 2.05) is 12.1 Å². The minimum Gasteiger partial charge on any atom is -0.315 e. The number of nitrogens with one attached hydrogen (secondary N) is 1. The number of nitrogens with zero attached hydrogens (tertiary/aromatic N) is 3. The van der Waals surface area contributed by atoms with Crippen LogP contribution in [0.1, 0.15) is 25.5 Å². The van der Waals surface area contributed by atoms with E-state index in [1.165, 1.54) is 0 Å². The molecule has 0 fully saturated rings. The van der Waals surface area contributed by atoms with Crippen molar-refractivity contribution in [2.75, 3.05) is 0 Å². The van der Waals surface area contributed by atoms with Crippen LogP contribution in [0.2, 0.25) is 0 Å². The number of aromatic amines is 1. The van der Waals surface area contributed by atoms with Crippen LogP contribution in [0.3, 0.4) is 0 Å². The van der Waals surface area contributed by atoms with Crippen LogP contribution in [0, 0.1) is 4.77 Å². The van der Waals surface area contributed by atoms with Crippen molar-refractivity contribution >= 4 is 12.2 Å². The highest BCUT2D eigenvalue weighted by Crippen LogP contribution is 2.16. The number of aromatic nitrogens is 4. The molecule has 0 spiro atoms. The van der Waals surface area contributed by atoms with E-state index in [-0.39, 0.29) is 5.56 Å². The lowest BCUT2D eigenvalue weighted by atomic mass is 10.1. The highest BCUT2D eigenvalue weighted by Gasteiger charge is 2.13. The van der Waals surface area contributed by atoms with Crippen molar-refractivity contribution in [3.63, 3.8) is 0 Å². The molecule has 0 aromatic carbocycles. The number of H-pyrrole nitrogens is 1. The van der Waals surface area contributed by atoms with Gasteiger partial charge in [-0.15, -0.1) is 0 Å². The van der Waals surface area contributed by atoms with E-state index >= 15 is 0 Å².